The third-order valence-electron chi connectivity index (χ3n) is 2.89. The maximum absolute atomic E-state index is 10.9. The molecule has 1 unspecified atom stereocenters. The Morgan fingerprint density at radius 2 is 2.33 bits per heavy atom. The van der Waals surface area contributed by atoms with Crippen LogP contribution in [0.25, 0.3) is 0 Å². The molecule has 5 nitrogen and oxygen atoms in total. The van der Waals surface area contributed by atoms with E-state index >= 15 is 0 Å². The fourth-order valence-electron chi connectivity index (χ4n) is 1.94. The number of aliphatic hydroxyl groups excluding tert-OH is 1. The number of aliphatic hydroxyl groups is 1. The molecule has 0 saturated carbocycles. The molecule has 2 rings (SSSR count). The first kappa shape index (κ1) is 12.6. The smallest absolute Gasteiger partial charge is 0.310 e. The first-order valence-electron chi connectivity index (χ1n) is 5.92. The lowest BCUT2D eigenvalue weighted by molar-refractivity contribution is -0.386. The van der Waals surface area contributed by atoms with Crippen molar-refractivity contribution in [3.63, 3.8) is 0 Å². The molecule has 0 heterocycles. The molecule has 0 bridgehead atoms. The van der Waals surface area contributed by atoms with E-state index in [-0.39, 0.29) is 24.1 Å². The summed E-state index contributed by atoms with van der Waals surface area (Å²) in [6.45, 7) is -0.158. The molecule has 5 heteroatoms. The van der Waals surface area contributed by atoms with Gasteiger partial charge in [-0.25, -0.2) is 0 Å². The fraction of sp³-hybridized carbons (Fsp3) is 0.385. The van der Waals surface area contributed by atoms with E-state index in [9.17, 15) is 10.1 Å². The zero-order valence-electron chi connectivity index (χ0n) is 9.91. The molecular weight excluding hydrogens is 234 g/mol. The molecule has 0 radical (unpaired) electrons. The average molecular weight is 249 g/mol. The molecule has 1 atom stereocenters. The molecular formula is C13H15NO4. The zero-order valence-corrected chi connectivity index (χ0v) is 9.91. The number of rotatable bonds is 4. The Morgan fingerprint density at radius 3 is 2.94 bits per heavy atom. The van der Waals surface area contributed by atoms with Crippen molar-refractivity contribution >= 4 is 5.69 Å². The van der Waals surface area contributed by atoms with E-state index in [4.69, 9.17) is 9.84 Å². The van der Waals surface area contributed by atoms with Gasteiger partial charge in [-0.05, 0) is 43.0 Å². The molecule has 0 aliphatic heterocycles. The second-order valence-electron chi connectivity index (χ2n) is 4.23. The van der Waals surface area contributed by atoms with E-state index in [0.29, 0.717) is 5.56 Å². The Morgan fingerprint density at radius 1 is 1.50 bits per heavy atom. The van der Waals surface area contributed by atoms with Gasteiger partial charge < -0.3 is 9.84 Å². The normalized spacial score (nSPS) is 18.6. The van der Waals surface area contributed by atoms with E-state index in [2.05, 4.69) is 0 Å². The number of nitro groups is 1. The predicted octanol–water partition coefficient (Wildman–Crippen LogP) is 2.57. The summed E-state index contributed by atoms with van der Waals surface area (Å²) in [4.78, 5) is 10.4. The van der Waals surface area contributed by atoms with Crippen LogP contribution in [0.1, 0.15) is 24.8 Å². The van der Waals surface area contributed by atoms with Crippen LogP contribution < -0.4 is 4.74 Å². The molecule has 1 aromatic rings. The van der Waals surface area contributed by atoms with Crippen molar-refractivity contribution in [1.82, 2.24) is 0 Å². The van der Waals surface area contributed by atoms with Gasteiger partial charge in [0.2, 0.25) is 0 Å². The summed E-state index contributed by atoms with van der Waals surface area (Å²) < 4.78 is 5.65. The number of allylic oxidation sites excluding steroid dienone is 1. The summed E-state index contributed by atoms with van der Waals surface area (Å²) in [5, 5.41) is 20.0. The van der Waals surface area contributed by atoms with Crippen LogP contribution in [0.2, 0.25) is 0 Å². The highest BCUT2D eigenvalue weighted by molar-refractivity contribution is 5.48. The van der Waals surface area contributed by atoms with Crippen molar-refractivity contribution in [1.29, 1.82) is 0 Å². The Bertz CT molecular complexity index is 470. The van der Waals surface area contributed by atoms with E-state index < -0.39 is 4.92 Å². The molecule has 96 valence electrons. The van der Waals surface area contributed by atoms with Crippen LogP contribution in [0.15, 0.2) is 30.4 Å². The Labute approximate surface area is 105 Å². The average Bonchev–Trinajstić information content (AvgIpc) is 2.39. The second kappa shape index (κ2) is 5.64. The van der Waals surface area contributed by atoms with Gasteiger partial charge >= 0.3 is 5.69 Å². The number of ether oxygens (including phenoxy) is 1. The molecule has 1 aliphatic rings. The van der Waals surface area contributed by atoms with Gasteiger partial charge in [-0.15, -0.1) is 0 Å². The van der Waals surface area contributed by atoms with Crippen LogP contribution in [-0.2, 0) is 6.61 Å². The second-order valence-corrected chi connectivity index (χ2v) is 4.23. The molecule has 1 N–H and O–H groups in total. The molecule has 1 aliphatic carbocycles. The van der Waals surface area contributed by atoms with Gasteiger partial charge in [-0.2, -0.15) is 0 Å². The SMILES string of the molecule is O=[N+]([O-])c1ccc(CO)cc1OC1C=CCCC1. The minimum absolute atomic E-state index is 0.0637. The molecule has 1 aromatic carbocycles. The van der Waals surface area contributed by atoms with Gasteiger partial charge in [-0.1, -0.05) is 6.08 Å². The van der Waals surface area contributed by atoms with Gasteiger partial charge in [0.15, 0.2) is 5.75 Å². The largest absolute Gasteiger partial charge is 0.479 e. The first-order chi connectivity index (χ1) is 8.70. The van der Waals surface area contributed by atoms with Crippen molar-refractivity contribution in [2.45, 2.75) is 32.0 Å². The summed E-state index contributed by atoms with van der Waals surface area (Å²) in [5.41, 5.74) is 0.543. The number of nitrogens with zero attached hydrogens (tertiary/aromatic N) is 1. The van der Waals surface area contributed by atoms with Crippen LogP contribution >= 0.6 is 0 Å². The Hall–Kier alpha value is -1.88. The van der Waals surface area contributed by atoms with Gasteiger partial charge in [0.25, 0.3) is 0 Å². The topological polar surface area (TPSA) is 72.6 Å². The summed E-state index contributed by atoms with van der Waals surface area (Å²) >= 11 is 0. The van der Waals surface area contributed by atoms with E-state index in [0.717, 1.165) is 19.3 Å². The van der Waals surface area contributed by atoms with Gasteiger partial charge in [-0.3, -0.25) is 10.1 Å². The summed E-state index contributed by atoms with van der Waals surface area (Å²) in [6.07, 6.45) is 6.74. The van der Waals surface area contributed by atoms with Crippen molar-refractivity contribution < 1.29 is 14.8 Å². The maximum atomic E-state index is 10.9. The summed E-state index contributed by atoms with van der Waals surface area (Å²) in [7, 11) is 0. The Balaban J connectivity index is 2.25. The molecule has 0 spiro atoms. The summed E-state index contributed by atoms with van der Waals surface area (Å²) in [5.74, 6) is 0.225. The zero-order chi connectivity index (χ0) is 13.0. The predicted molar refractivity (Wildman–Crippen MR) is 66.4 cm³/mol. The maximum Gasteiger partial charge on any atom is 0.310 e. The summed E-state index contributed by atoms with van der Waals surface area (Å²) in [6, 6.07) is 4.43. The number of benzene rings is 1. The van der Waals surface area contributed by atoms with E-state index in [1.807, 2.05) is 12.2 Å². The number of nitro benzene ring substituents is 1. The fourth-order valence-corrected chi connectivity index (χ4v) is 1.94. The van der Waals surface area contributed by atoms with Crippen LogP contribution in [0.4, 0.5) is 5.69 Å². The van der Waals surface area contributed by atoms with E-state index in [1.54, 1.807) is 0 Å². The lowest BCUT2D eigenvalue weighted by atomic mass is 10.1. The number of hydrogen-bond acceptors (Lipinski definition) is 4. The monoisotopic (exact) mass is 249 g/mol. The third kappa shape index (κ3) is 2.87. The molecule has 0 amide bonds. The van der Waals surface area contributed by atoms with Crippen molar-refractivity contribution in [3.8, 4) is 5.75 Å². The van der Waals surface area contributed by atoms with Crippen LogP contribution in [0.5, 0.6) is 5.75 Å². The highest BCUT2D eigenvalue weighted by Gasteiger charge is 2.19. The molecule has 0 fully saturated rings. The molecule has 0 saturated heterocycles. The van der Waals surface area contributed by atoms with Gasteiger partial charge in [0.05, 0.1) is 11.5 Å². The lowest BCUT2D eigenvalue weighted by Crippen LogP contribution is -2.16. The van der Waals surface area contributed by atoms with Crippen LogP contribution in [0, 0.1) is 10.1 Å². The van der Waals surface area contributed by atoms with Crippen LogP contribution in [0.3, 0.4) is 0 Å². The van der Waals surface area contributed by atoms with E-state index in [1.165, 1.54) is 18.2 Å². The highest BCUT2D eigenvalue weighted by atomic mass is 16.6. The standard InChI is InChI=1S/C13H15NO4/c15-9-10-6-7-12(14(16)17)13(8-10)18-11-4-2-1-3-5-11/h2,4,6-8,11,15H,1,3,5,9H2. The Kier molecular flexibility index (Phi) is 3.94. The van der Waals surface area contributed by atoms with Gasteiger partial charge in [0.1, 0.15) is 6.10 Å². The lowest BCUT2D eigenvalue weighted by Gasteiger charge is -2.18. The quantitative estimate of drug-likeness (QED) is 0.505. The van der Waals surface area contributed by atoms with Gasteiger partial charge in [0, 0.05) is 6.07 Å². The molecule has 18 heavy (non-hydrogen) atoms. The third-order valence-corrected chi connectivity index (χ3v) is 2.89. The minimum atomic E-state index is -0.469. The van der Waals surface area contributed by atoms with Crippen LogP contribution in [-0.4, -0.2) is 16.1 Å². The van der Waals surface area contributed by atoms with Crippen molar-refractivity contribution in [3.05, 3.63) is 46.0 Å². The highest BCUT2D eigenvalue weighted by Crippen LogP contribution is 2.30. The van der Waals surface area contributed by atoms with Crippen molar-refractivity contribution in [2.75, 3.05) is 0 Å². The van der Waals surface area contributed by atoms with Crippen molar-refractivity contribution in [2.24, 2.45) is 0 Å². The number of hydrogen-bond donors (Lipinski definition) is 1. The first-order valence-corrected chi connectivity index (χ1v) is 5.92. The molecule has 0 aromatic heterocycles. The minimum Gasteiger partial charge on any atom is -0.479 e.